The number of aryl methyl sites for hydroxylation is 1. The van der Waals surface area contributed by atoms with Gasteiger partial charge in [0.05, 0.1) is 69.9 Å². The van der Waals surface area contributed by atoms with E-state index >= 15 is 0 Å². The normalized spacial score (nSPS) is 12.0. The second-order valence-corrected chi connectivity index (χ2v) is 18.1. The van der Waals surface area contributed by atoms with Crippen LogP contribution in [0.1, 0.15) is 81.8 Å². The number of carbonyl (C=O) groups excluding carboxylic acids is 5. The Hall–Kier alpha value is -7.36. The lowest BCUT2D eigenvalue weighted by Gasteiger charge is -2.24. The van der Waals surface area contributed by atoms with Crippen molar-refractivity contribution in [3.63, 3.8) is 0 Å². The molecule has 5 aromatic rings. The van der Waals surface area contributed by atoms with Crippen LogP contribution in [0, 0.1) is 11.8 Å². The molecule has 0 aliphatic heterocycles. The maximum atomic E-state index is 13.7. The SMILES string of the molecule is CCCCc1nc2c(N)nc3ccccc3c2n1Cc1ccc(CNC(=O)OCc2ccc(NC(=O)[C@H](CCCNC(N)=O)CC(=O)[C@@H](NC(=O)CCOCCOCCOCCOCCN=[N+]=[N-])C(C)C)cc2)cc1. The van der Waals surface area contributed by atoms with Gasteiger partial charge in [-0.2, -0.15) is 0 Å². The van der Waals surface area contributed by atoms with Gasteiger partial charge in [0.25, 0.3) is 0 Å². The van der Waals surface area contributed by atoms with E-state index in [9.17, 15) is 24.0 Å². The molecule has 5 rings (SSSR count). The molecule has 5 amide bonds. The Bertz CT molecular complexity index is 2660. The predicted molar refractivity (Wildman–Crippen MR) is 284 cm³/mol. The summed E-state index contributed by atoms with van der Waals surface area (Å²) >= 11 is 0. The summed E-state index contributed by atoms with van der Waals surface area (Å²) in [5.41, 5.74) is 25.5. The van der Waals surface area contributed by atoms with Crippen LogP contribution >= 0.6 is 0 Å². The fraction of sp³-hybridized carbons (Fsp3) is 0.491. The van der Waals surface area contributed by atoms with Gasteiger partial charge in [-0.25, -0.2) is 19.6 Å². The summed E-state index contributed by atoms with van der Waals surface area (Å²) in [5.74, 6) is -0.771. The number of nitrogen functional groups attached to an aromatic ring is 1. The molecule has 0 saturated carbocycles. The van der Waals surface area contributed by atoms with Crippen molar-refractivity contribution in [1.29, 1.82) is 0 Å². The number of fused-ring (bicyclic) bond motifs is 3. The van der Waals surface area contributed by atoms with Gasteiger partial charge in [-0.1, -0.05) is 86.9 Å². The van der Waals surface area contributed by atoms with Gasteiger partial charge in [-0.05, 0) is 65.6 Å². The summed E-state index contributed by atoms with van der Waals surface area (Å²) in [4.78, 5) is 76.5. The first kappa shape index (κ1) is 58.5. The molecular formula is C53H72N12O10. The number of ether oxygens (including phenoxy) is 5. The quantitative estimate of drug-likeness (QED) is 0.0105. The van der Waals surface area contributed by atoms with Crippen molar-refractivity contribution in [2.24, 2.45) is 22.7 Å². The lowest BCUT2D eigenvalue weighted by Crippen LogP contribution is -2.45. The van der Waals surface area contributed by atoms with Crippen molar-refractivity contribution in [1.82, 2.24) is 30.5 Å². The Morgan fingerprint density at radius 2 is 1.45 bits per heavy atom. The third-order valence-electron chi connectivity index (χ3n) is 12.0. The number of rotatable bonds is 35. The van der Waals surface area contributed by atoms with E-state index in [0.29, 0.717) is 75.2 Å². The van der Waals surface area contributed by atoms with E-state index in [1.54, 1.807) is 24.3 Å². The van der Waals surface area contributed by atoms with Gasteiger partial charge < -0.3 is 61.0 Å². The van der Waals surface area contributed by atoms with Crippen molar-refractivity contribution in [2.75, 3.05) is 77.0 Å². The number of aromatic nitrogens is 3. The number of amides is 5. The zero-order valence-electron chi connectivity index (χ0n) is 43.2. The lowest BCUT2D eigenvalue weighted by atomic mass is 9.89. The largest absolute Gasteiger partial charge is 0.445 e. The number of nitrogens with zero attached hydrogens (tertiary/aromatic N) is 6. The summed E-state index contributed by atoms with van der Waals surface area (Å²) in [6.07, 6.45) is 2.74. The van der Waals surface area contributed by atoms with E-state index < -0.39 is 30.0 Å². The van der Waals surface area contributed by atoms with Crippen LogP contribution in [-0.2, 0) is 64.2 Å². The summed E-state index contributed by atoms with van der Waals surface area (Å²) in [5, 5.41) is 15.4. The number of pyridine rings is 1. The van der Waals surface area contributed by atoms with Gasteiger partial charge in [0.15, 0.2) is 11.6 Å². The smallest absolute Gasteiger partial charge is 0.407 e. The highest BCUT2D eigenvalue weighted by Gasteiger charge is 2.29. The van der Waals surface area contributed by atoms with E-state index in [4.69, 9.17) is 45.7 Å². The zero-order valence-corrected chi connectivity index (χ0v) is 43.2. The fourth-order valence-corrected chi connectivity index (χ4v) is 8.05. The van der Waals surface area contributed by atoms with Crippen molar-refractivity contribution in [3.05, 3.63) is 106 Å². The molecule has 0 radical (unpaired) electrons. The number of unbranched alkanes of at least 4 members (excludes halogenated alkanes) is 1. The van der Waals surface area contributed by atoms with Crippen LogP contribution in [0.2, 0.25) is 0 Å². The predicted octanol–water partition coefficient (Wildman–Crippen LogP) is 6.85. The number of anilines is 2. The molecule has 0 bridgehead atoms. The molecule has 2 heterocycles. The Labute approximate surface area is 436 Å². The average molecular weight is 1040 g/mol. The molecule has 0 aliphatic rings. The Balaban J connectivity index is 1.04. The highest BCUT2D eigenvalue weighted by atomic mass is 16.6. The average Bonchev–Trinajstić information content (AvgIpc) is 3.76. The molecule has 0 unspecified atom stereocenters. The maximum absolute atomic E-state index is 13.7. The third kappa shape index (κ3) is 20.1. The number of hydrogen-bond acceptors (Lipinski definition) is 14. The number of hydrogen-bond donors (Lipinski definition) is 6. The van der Waals surface area contributed by atoms with E-state index in [-0.39, 0.29) is 76.3 Å². The number of urea groups is 1. The first-order valence-corrected chi connectivity index (χ1v) is 25.5. The molecule has 2 aromatic heterocycles. The monoisotopic (exact) mass is 1040 g/mol. The molecule has 22 heteroatoms. The molecule has 0 fully saturated rings. The van der Waals surface area contributed by atoms with E-state index in [1.165, 1.54) is 0 Å². The van der Waals surface area contributed by atoms with Crippen LogP contribution < -0.4 is 32.7 Å². The molecule has 75 heavy (non-hydrogen) atoms. The molecular weight excluding hydrogens is 965 g/mol. The second-order valence-electron chi connectivity index (χ2n) is 18.1. The Morgan fingerprint density at radius 3 is 2.12 bits per heavy atom. The number of nitrogens with one attached hydrogen (secondary N) is 4. The minimum Gasteiger partial charge on any atom is -0.445 e. The zero-order chi connectivity index (χ0) is 53.8. The van der Waals surface area contributed by atoms with Crippen molar-refractivity contribution in [3.8, 4) is 0 Å². The van der Waals surface area contributed by atoms with Crippen LogP contribution in [-0.4, -0.2) is 116 Å². The first-order valence-electron chi connectivity index (χ1n) is 25.5. The number of ketones is 1. The lowest BCUT2D eigenvalue weighted by molar-refractivity contribution is -0.131. The number of alkyl carbamates (subject to hydrolysis) is 1. The van der Waals surface area contributed by atoms with Gasteiger partial charge in [-0.15, -0.1) is 0 Å². The Morgan fingerprint density at radius 1 is 0.800 bits per heavy atom. The molecule has 404 valence electrons. The number of primary amides is 1. The topological polar surface area (TPSA) is 311 Å². The van der Waals surface area contributed by atoms with Gasteiger partial charge in [0.1, 0.15) is 17.9 Å². The van der Waals surface area contributed by atoms with E-state index in [2.05, 4.69) is 47.8 Å². The van der Waals surface area contributed by atoms with E-state index in [0.717, 1.165) is 52.6 Å². The number of nitrogens with two attached hydrogens (primary N) is 2. The van der Waals surface area contributed by atoms with Crippen molar-refractivity contribution in [2.45, 2.75) is 91.5 Å². The van der Waals surface area contributed by atoms with E-state index in [1.807, 2.05) is 62.4 Å². The Kier molecular flexibility index (Phi) is 25.0. The van der Waals surface area contributed by atoms with Crippen molar-refractivity contribution < 1.29 is 47.7 Å². The maximum Gasteiger partial charge on any atom is 0.407 e. The second kappa shape index (κ2) is 32.1. The van der Waals surface area contributed by atoms with Gasteiger partial charge in [0.2, 0.25) is 11.8 Å². The fourth-order valence-electron chi connectivity index (χ4n) is 8.05. The van der Waals surface area contributed by atoms with Crippen LogP contribution in [0.3, 0.4) is 0 Å². The molecule has 0 spiro atoms. The molecule has 0 aliphatic carbocycles. The summed E-state index contributed by atoms with van der Waals surface area (Å²) < 4.78 is 29.4. The van der Waals surface area contributed by atoms with Gasteiger partial charge in [-0.3, -0.25) is 14.4 Å². The number of para-hydroxylation sites is 1. The highest BCUT2D eigenvalue weighted by Crippen LogP contribution is 2.30. The molecule has 3 aromatic carbocycles. The first-order chi connectivity index (χ1) is 36.4. The number of Topliss-reactive ketones (excluding diaryl/α,β-unsaturated/α-hetero) is 1. The van der Waals surface area contributed by atoms with Crippen LogP contribution in [0.15, 0.2) is 77.9 Å². The van der Waals surface area contributed by atoms with Crippen LogP contribution in [0.4, 0.5) is 21.1 Å². The molecule has 0 saturated heterocycles. The van der Waals surface area contributed by atoms with Gasteiger partial charge in [0, 0.05) is 67.3 Å². The van der Waals surface area contributed by atoms with Crippen molar-refractivity contribution >= 4 is 63.2 Å². The number of benzene rings is 3. The number of carbonyl (C=O) groups is 5. The van der Waals surface area contributed by atoms with Crippen LogP contribution in [0.5, 0.6) is 0 Å². The summed E-state index contributed by atoms with van der Waals surface area (Å²) in [7, 11) is 0. The minimum atomic E-state index is -0.849. The molecule has 8 N–H and O–H groups in total. The molecule has 2 atom stereocenters. The number of imidazole rings is 1. The molecule has 22 nitrogen and oxygen atoms in total. The highest BCUT2D eigenvalue weighted by molar-refractivity contribution is 6.06. The standard InChI is InChI=1S/C53H72N12O10/c1-4-5-12-45-62-48-49(42-10-6-7-11-43(42)61-50(48)54)65(45)34-38-15-13-37(14-16-38)33-58-53(70)75-35-39-17-19-41(20-18-39)60-51(68)40(9-8-22-57-52(55)69)32-44(66)47(36(2)3)63-46(67)21-24-71-26-28-73-30-31-74-29-27-72-25-23-59-64-56/h6-7,10-11,13-20,36,40,47H,4-5,8-9,12,21-35H2,1-3H3,(H2,54,61)(H,58,70)(H,60,68)(H,63,67)(H3,55,57,69)/t40-,47+/m1/s1. The number of azide groups is 1. The van der Waals surface area contributed by atoms with Crippen LogP contribution in [0.25, 0.3) is 32.4 Å². The third-order valence-corrected chi connectivity index (χ3v) is 12.0. The van der Waals surface area contributed by atoms with Gasteiger partial charge >= 0.3 is 12.1 Å². The summed E-state index contributed by atoms with van der Waals surface area (Å²) in [6.45, 7) is 9.58. The minimum absolute atomic E-state index is 0.0162. The summed E-state index contributed by atoms with van der Waals surface area (Å²) in [6, 6.07) is 21.2.